The zero-order valence-electron chi connectivity index (χ0n) is 48.5. The van der Waals surface area contributed by atoms with Crippen LogP contribution in [0, 0.1) is 39.4 Å². The van der Waals surface area contributed by atoms with Gasteiger partial charge in [-0.25, -0.2) is 8.37 Å². The van der Waals surface area contributed by atoms with Crippen LogP contribution in [-0.2, 0) is 86.1 Å². The third-order valence-corrected chi connectivity index (χ3v) is 21.6. The van der Waals surface area contributed by atoms with Crippen molar-refractivity contribution in [3.63, 3.8) is 0 Å². The first-order valence-electron chi connectivity index (χ1n) is 28.8. The first-order valence-corrected chi connectivity index (χ1v) is 31.5. The highest BCUT2D eigenvalue weighted by Crippen LogP contribution is 2.73. The van der Waals surface area contributed by atoms with Gasteiger partial charge in [-0.2, -0.15) is 16.8 Å². The molecule has 4 aliphatic carbocycles. The van der Waals surface area contributed by atoms with E-state index in [1.54, 1.807) is 6.92 Å². The Morgan fingerprint density at radius 1 is 0.624 bits per heavy atom. The number of carbonyl (C=O) groups excluding carboxylic acids is 1. The number of fused-ring (bicyclic) bond motifs is 5. The van der Waals surface area contributed by atoms with Gasteiger partial charge in [-0.1, -0.05) is 46.3 Å². The van der Waals surface area contributed by atoms with E-state index in [9.17, 15) is 81.8 Å². The molecule has 0 amide bonds. The Kier molecular flexibility index (Phi) is 20.2. The monoisotopic (exact) mass is 1270 g/mol. The second-order valence-corrected chi connectivity index (χ2v) is 27.9. The summed E-state index contributed by atoms with van der Waals surface area (Å²) in [7, 11) is -9.39. The smallest absolute Gasteiger partial charge is 0.394 e. The quantitative estimate of drug-likeness (QED) is 0.0490. The Bertz CT molecular complexity index is 2600. The zero-order chi connectivity index (χ0) is 62.4. The van der Waals surface area contributed by atoms with E-state index in [0.29, 0.717) is 19.3 Å². The average Bonchev–Trinajstić information content (AvgIpc) is 1.81. The predicted molar refractivity (Wildman–Crippen MR) is 281 cm³/mol. The van der Waals surface area contributed by atoms with E-state index in [1.807, 2.05) is 0 Å². The van der Waals surface area contributed by atoms with Crippen LogP contribution in [0.1, 0.15) is 93.4 Å². The van der Waals surface area contributed by atoms with Gasteiger partial charge in [0.05, 0.1) is 38.6 Å². The molecule has 5 saturated heterocycles. The molecule has 30 atom stereocenters. The molecule has 0 bridgehead atoms. The van der Waals surface area contributed by atoms with Crippen LogP contribution < -0.4 is 0 Å². The van der Waals surface area contributed by atoms with Crippen LogP contribution in [0.3, 0.4) is 0 Å². The normalized spacial score (nSPS) is 50.4. The molecule has 0 aromatic rings. The molecule has 5 aliphatic heterocycles. The largest absolute Gasteiger partial charge is 0.397 e. The molecule has 0 spiro atoms. The van der Waals surface area contributed by atoms with Gasteiger partial charge in [0.2, 0.25) is 0 Å². The lowest BCUT2D eigenvalue weighted by molar-refractivity contribution is -0.403. The molecular weight excluding hydrogens is 1180 g/mol. The Hall–Kier alpha value is -1.69. The van der Waals surface area contributed by atoms with Crippen LogP contribution in [0.25, 0.3) is 0 Å². The number of methoxy groups -OCH3 is 1. The van der Waals surface area contributed by atoms with Gasteiger partial charge in [0.1, 0.15) is 110 Å². The molecule has 85 heavy (non-hydrogen) atoms. The average molecular weight is 1270 g/mol. The van der Waals surface area contributed by atoms with Crippen molar-refractivity contribution in [3.05, 3.63) is 11.6 Å². The van der Waals surface area contributed by atoms with E-state index in [-0.39, 0.29) is 39.8 Å². The summed E-state index contributed by atoms with van der Waals surface area (Å²) in [6.07, 6.45) is -35.8. The van der Waals surface area contributed by atoms with Gasteiger partial charge in [0, 0.05) is 13.0 Å². The van der Waals surface area contributed by atoms with Crippen LogP contribution in [0.15, 0.2) is 11.6 Å². The fourth-order valence-electron chi connectivity index (χ4n) is 15.9. The number of ether oxygens (including phenoxy) is 11. The minimum atomic E-state index is -5.27. The Balaban J connectivity index is 0.996. The summed E-state index contributed by atoms with van der Waals surface area (Å²) in [4.78, 5) is 13.0. The van der Waals surface area contributed by atoms with Crippen molar-refractivity contribution >= 4 is 26.6 Å². The van der Waals surface area contributed by atoms with Gasteiger partial charge in [0.15, 0.2) is 31.5 Å². The van der Waals surface area contributed by atoms with Crippen molar-refractivity contribution in [2.24, 2.45) is 39.4 Å². The summed E-state index contributed by atoms with van der Waals surface area (Å²) in [6, 6.07) is 0. The molecule has 9 aliphatic rings. The van der Waals surface area contributed by atoms with Gasteiger partial charge < -0.3 is 103 Å². The molecular formula is C53H86O30S2. The fraction of sp³-hybridized carbons (Fsp3) is 0.943. The number of Topliss-reactive ketones (excluding diaryl/α,β-unsaturated/α-hetero) is 1. The number of ketones is 1. The van der Waals surface area contributed by atoms with Gasteiger partial charge in [-0.3, -0.25) is 13.9 Å². The molecule has 30 unspecified atom stereocenters. The molecule has 30 nitrogen and oxygen atoms in total. The van der Waals surface area contributed by atoms with Crippen molar-refractivity contribution in [3.8, 4) is 0 Å². The molecule has 0 aromatic heterocycles. The maximum Gasteiger partial charge on any atom is 0.397 e. The third-order valence-electron chi connectivity index (χ3n) is 20.7. The summed E-state index contributed by atoms with van der Waals surface area (Å²) in [5.74, 6) is 0.441. The highest BCUT2D eigenvalue weighted by atomic mass is 32.3. The Morgan fingerprint density at radius 3 is 1.86 bits per heavy atom. The lowest BCUT2D eigenvalue weighted by atomic mass is 9.41. The molecule has 0 radical (unpaired) electrons. The highest BCUT2D eigenvalue weighted by Gasteiger charge is 2.67. The van der Waals surface area contributed by atoms with Crippen molar-refractivity contribution in [2.75, 3.05) is 33.5 Å². The number of rotatable bonds is 18. The summed E-state index contributed by atoms with van der Waals surface area (Å²) in [6.45, 7) is 10.8. The predicted octanol–water partition coefficient (Wildman–Crippen LogP) is -2.72. The lowest BCUT2D eigenvalue weighted by Crippen LogP contribution is -2.68. The third kappa shape index (κ3) is 12.8. The molecule has 5 heterocycles. The van der Waals surface area contributed by atoms with E-state index >= 15 is 0 Å². The van der Waals surface area contributed by atoms with Crippen molar-refractivity contribution in [1.82, 2.24) is 0 Å². The van der Waals surface area contributed by atoms with Gasteiger partial charge >= 0.3 is 20.8 Å². The Morgan fingerprint density at radius 2 is 1.22 bits per heavy atom. The number of aliphatic hydroxyl groups is 10. The standard InChI is InChI=1S/C53H86O30S2/c1-21(55)23-11-15-53(7)25-9-10-30-50(3,4)31(13-14-51(30,5)24(25)12-16-52(23,53)6)78-48-43(35(60)29(19-73-48)83-85(68,69)70)82-49-44(81-45-36(61)32(57)26(56)18-72-45)37(62)40(22(2)75-49)79-47-39(64)42(34(59)28(77-47)20-74-84(65,66)67)80-46-38(63)41(71-8)33(58)27(17-54)76-46/h9,22-24,26-49,54,56-64H,10-20H2,1-8H3,(H,65,66,67)(H,68,69,70). The van der Waals surface area contributed by atoms with E-state index in [0.717, 1.165) is 32.8 Å². The number of aliphatic hydroxyl groups excluding tert-OH is 10. The molecule has 490 valence electrons. The summed E-state index contributed by atoms with van der Waals surface area (Å²) >= 11 is 0. The second kappa shape index (κ2) is 25.4. The highest BCUT2D eigenvalue weighted by molar-refractivity contribution is 7.81. The van der Waals surface area contributed by atoms with E-state index in [2.05, 4.69) is 44.9 Å². The fourth-order valence-corrected chi connectivity index (χ4v) is 16.6. The molecule has 0 aromatic carbocycles. The van der Waals surface area contributed by atoms with Gasteiger partial charge in [0.25, 0.3) is 0 Å². The van der Waals surface area contributed by atoms with Gasteiger partial charge in [-0.15, -0.1) is 0 Å². The molecule has 9 rings (SSSR count). The molecule has 8 fully saturated rings. The van der Waals surface area contributed by atoms with E-state index in [1.165, 1.54) is 12.5 Å². The van der Waals surface area contributed by atoms with Crippen LogP contribution in [-0.4, -0.2) is 264 Å². The number of carbonyl (C=O) groups is 1. The molecule has 32 heteroatoms. The number of hydrogen-bond acceptors (Lipinski definition) is 28. The minimum absolute atomic E-state index is 0.0233. The van der Waals surface area contributed by atoms with E-state index in [4.69, 9.17) is 56.3 Å². The lowest BCUT2D eigenvalue weighted by Gasteiger charge is -2.64. The molecule has 12 N–H and O–H groups in total. The maximum absolute atomic E-state index is 13.0. The summed E-state index contributed by atoms with van der Waals surface area (Å²) < 4.78 is 142. The van der Waals surface area contributed by atoms with Crippen LogP contribution >= 0.6 is 0 Å². The summed E-state index contributed by atoms with van der Waals surface area (Å²) in [5, 5.41) is 112. The topological polar surface area (TPSA) is 448 Å². The zero-order valence-corrected chi connectivity index (χ0v) is 50.1. The van der Waals surface area contributed by atoms with Gasteiger partial charge in [-0.05, 0) is 92.3 Å². The number of hydrogen-bond donors (Lipinski definition) is 12. The first-order chi connectivity index (χ1) is 39.6. The van der Waals surface area contributed by atoms with Crippen LogP contribution in [0.5, 0.6) is 0 Å². The first kappa shape index (κ1) is 67.7. The maximum atomic E-state index is 13.0. The van der Waals surface area contributed by atoms with Crippen molar-refractivity contribution < 1.29 is 142 Å². The summed E-state index contributed by atoms with van der Waals surface area (Å²) in [5.41, 5.74) is 0.226. The van der Waals surface area contributed by atoms with Crippen LogP contribution in [0.4, 0.5) is 0 Å². The second-order valence-electron chi connectivity index (χ2n) is 25.7. The van der Waals surface area contributed by atoms with Crippen molar-refractivity contribution in [2.45, 2.75) is 241 Å². The Labute approximate surface area is 492 Å². The van der Waals surface area contributed by atoms with E-state index < -0.39 is 200 Å². The van der Waals surface area contributed by atoms with Crippen LogP contribution in [0.2, 0.25) is 0 Å². The van der Waals surface area contributed by atoms with Crippen molar-refractivity contribution in [1.29, 1.82) is 0 Å². The SMILES string of the molecule is COC1C(O)C(CO)OC(OC2C(O)C(COS(=O)(=O)O)OC(OC3C(C)OC(OC4C(OC5CCC6(C)C7CCC8(C)C(C(C)=O)CCC8(C)C7=CCC6C5(C)C)OCC(OS(=O)(=O)O)C4O)C(OC4OCC(O)C(O)C4O)C3O)C2O)C1O. The molecule has 3 saturated carbocycles. The minimum Gasteiger partial charge on any atom is -0.394 e. The number of allylic oxidation sites excluding steroid dienone is 2.